The molecule has 1 aromatic carbocycles. The molecule has 0 bridgehead atoms. The molecule has 1 aromatic rings. The maximum absolute atomic E-state index is 13.5. The Morgan fingerprint density at radius 3 is 2.52 bits per heavy atom. The van der Waals surface area contributed by atoms with Crippen LogP contribution in [0.25, 0.3) is 0 Å². The first-order valence-electron chi connectivity index (χ1n) is 11.4. The smallest absolute Gasteiger partial charge is 0.320 e. The largest absolute Gasteiger partial charge is 0.324 e. The molecule has 1 fully saturated rings. The lowest BCUT2D eigenvalue weighted by molar-refractivity contribution is 0.109. The molecule has 29 heavy (non-hydrogen) atoms. The van der Waals surface area contributed by atoms with Gasteiger partial charge in [-0.15, -0.1) is 0 Å². The van der Waals surface area contributed by atoms with Gasteiger partial charge in [-0.1, -0.05) is 43.2 Å². The van der Waals surface area contributed by atoms with Crippen molar-refractivity contribution < 1.29 is 9.90 Å². The van der Waals surface area contributed by atoms with E-state index in [0.717, 1.165) is 77.5 Å². The second kappa shape index (κ2) is 13.6. The van der Waals surface area contributed by atoms with E-state index in [1.54, 1.807) is 0 Å². The summed E-state index contributed by atoms with van der Waals surface area (Å²) in [6.45, 7) is 3.47. The minimum absolute atomic E-state index is 0.0203. The molecule has 5 nitrogen and oxygen atoms in total. The maximum atomic E-state index is 13.5. The van der Waals surface area contributed by atoms with E-state index in [4.69, 9.17) is 0 Å². The number of benzene rings is 1. The molecule has 0 spiro atoms. The zero-order valence-electron chi connectivity index (χ0n) is 18.5. The molecule has 2 rings (SSSR count). The van der Waals surface area contributed by atoms with Gasteiger partial charge in [0.15, 0.2) is 0 Å². The second-order valence-electron chi connectivity index (χ2n) is 8.56. The minimum Gasteiger partial charge on any atom is -0.324 e. The minimum atomic E-state index is 0.0203. The summed E-state index contributed by atoms with van der Waals surface area (Å²) in [4.78, 5) is 19.9. The molecule has 1 unspecified atom stereocenters. The van der Waals surface area contributed by atoms with Gasteiger partial charge in [0, 0.05) is 25.7 Å². The molecule has 0 N–H and O–H groups in total. The molecule has 0 aromatic heterocycles. The number of amides is 2. The van der Waals surface area contributed by atoms with Crippen LogP contribution in [0.1, 0.15) is 56.9 Å². The monoisotopic (exact) mass is 402 g/mol. The summed E-state index contributed by atoms with van der Waals surface area (Å²) in [6.07, 6.45) is 9.15. The lowest BCUT2D eigenvalue weighted by atomic mass is 9.97. The van der Waals surface area contributed by atoms with Crippen LogP contribution >= 0.6 is 0 Å². The van der Waals surface area contributed by atoms with Crippen molar-refractivity contribution in [2.24, 2.45) is 0 Å². The number of likely N-dealkylation sites (tertiary alicyclic amines) is 1. The normalized spacial score (nSPS) is 17.0. The van der Waals surface area contributed by atoms with Gasteiger partial charge in [0.25, 0.3) is 0 Å². The molecule has 1 aliphatic rings. The topological polar surface area (TPSA) is 46.7 Å². The van der Waals surface area contributed by atoms with Crippen LogP contribution in [-0.2, 0) is 11.5 Å². The fraction of sp³-hybridized carbons (Fsp3) is 0.708. The predicted molar refractivity (Wildman–Crippen MR) is 119 cm³/mol. The first kappa shape index (κ1) is 23.7. The van der Waals surface area contributed by atoms with Crippen LogP contribution in [-0.4, -0.2) is 73.7 Å². The van der Waals surface area contributed by atoms with Crippen LogP contribution in [0.2, 0.25) is 0 Å². The molecule has 1 aliphatic heterocycles. The van der Waals surface area contributed by atoms with Crippen LogP contribution < -0.4 is 0 Å². The fourth-order valence-corrected chi connectivity index (χ4v) is 4.18. The van der Waals surface area contributed by atoms with E-state index in [0.29, 0.717) is 6.04 Å². The second-order valence-corrected chi connectivity index (χ2v) is 8.56. The third-order valence-electron chi connectivity index (χ3n) is 5.87. The van der Waals surface area contributed by atoms with Gasteiger partial charge in [-0.05, 0) is 71.1 Å². The Morgan fingerprint density at radius 1 is 1.00 bits per heavy atom. The number of carbonyl (C=O) groups is 1. The Bertz CT molecular complexity index is 565. The summed E-state index contributed by atoms with van der Waals surface area (Å²) in [5.74, 6) is 0. The first-order chi connectivity index (χ1) is 14.1. The van der Waals surface area contributed by atoms with E-state index >= 15 is 0 Å². The summed E-state index contributed by atoms with van der Waals surface area (Å²) < 4.78 is 0. The average molecular weight is 403 g/mol. The van der Waals surface area contributed by atoms with E-state index < -0.39 is 0 Å². The van der Waals surface area contributed by atoms with Crippen molar-refractivity contribution in [2.75, 3.05) is 46.9 Å². The zero-order valence-corrected chi connectivity index (χ0v) is 18.5. The van der Waals surface area contributed by atoms with Crippen LogP contribution in [0.4, 0.5) is 4.79 Å². The Hall–Kier alpha value is -1.59. The molecule has 1 radical (unpaired) electrons. The van der Waals surface area contributed by atoms with Crippen LogP contribution in [0.3, 0.4) is 0 Å². The van der Waals surface area contributed by atoms with Gasteiger partial charge in [0.05, 0.1) is 6.61 Å². The first-order valence-corrected chi connectivity index (χ1v) is 11.4. The van der Waals surface area contributed by atoms with E-state index in [-0.39, 0.29) is 12.6 Å². The Kier molecular flexibility index (Phi) is 11.1. The van der Waals surface area contributed by atoms with Gasteiger partial charge in [-0.3, -0.25) is 0 Å². The molecular formula is C24H40N3O2. The third-order valence-corrected chi connectivity index (χ3v) is 5.87. The number of urea groups is 1. The van der Waals surface area contributed by atoms with Gasteiger partial charge >= 0.3 is 6.03 Å². The average Bonchev–Trinajstić information content (AvgIpc) is 2.74. The molecule has 5 heteroatoms. The number of nitrogens with zero attached hydrogens (tertiary/aromatic N) is 3. The standard InChI is InChI=1S/C24H40N3O2/c1-25(2)17-11-18-26(20-16-22-12-5-3-6-13-22)24(29)27-19-9-8-15-23(27)14-7-4-10-21-28/h3,5-6,12-13,23H,4,7-11,14-21H2,1-2H3. The van der Waals surface area contributed by atoms with Crippen molar-refractivity contribution >= 4 is 6.03 Å². The highest BCUT2D eigenvalue weighted by molar-refractivity contribution is 5.75. The number of piperidine rings is 1. The lowest BCUT2D eigenvalue weighted by Crippen LogP contribution is -2.51. The zero-order chi connectivity index (χ0) is 20.9. The van der Waals surface area contributed by atoms with Crippen LogP contribution in [0.5, 0.6) is 0 Å². The molecule has 0 aliphatic carbocycles. The van der Waals surface area contributed by atoms with Gasteiger partial charge in [-0.2, -0.15) is 0 Å². The summed E-state index contributed by atoms with van der Waals surface area (Å²) >= 11 is 0. The third kappa shape index (κ3) is 8.75. The molecule has 163 valence electrons. The summed E-state index contributed by atoms with van der Waals surface area (Å²) in [7, 11) is 4.16. The van der Waals surface area contributed by atoms with Crippen LogP contribution in [0, 0.1) is 0 Å². The number of hydrogen-bond acceptors (Lipinski definition) is 2. The van der Waals surface area contributed by atoms with Gasteiger partial charge in [0.1, 0.15) is 0 Å². The SMILES string of the molecule is CN(C)CCCN(CCc1ccccc1)C(=O)N1CCCCC1CCCCC[O]. The van der Waals surface area contributed by atoms with Crippen molar-refractivity contribution in [1.29, 1.82) is 0 Å². The highest BCUT2D eigenvalue weighted by Crippen LogP contribution is 2.23. The fourth-order valence-electron chi connectivity index (χ4n) is 4.18. The van der Waals surface area contributed by atoms with Gasteiger partial charge in [0.2, 0.25) is 0 Å². The van der Waals surface area contributed by atoms with Gasteiger partial charge in [-0.25, -0.2) is 9.90 Å². The van der Waals surface area contributed by atoms with E-state index in [9.17, 15) is 9.90 Å². The van der Waals surface area contributed by atoms with Crippen molar-refractivity contribution in [1.82, 2.24) is 14.7 Å². The van der Waals surface area contributed by atoms with Crippen LogP contribution in [0.15, 0.2) is 30.3 Å². The number of rotatable bonds is 12. The predicted octanol–water partition coefficient (Wildman–Crippen LogP) is 4.45. The number of carbonyl (C=O) groups excluding carboxylic acids is 1. The quantitative estimate of drug-likeness (QED) is 0.485. The summed E-state index contributed by atoms with van der Waals surface area (Å²) in [5, 5.41) is 10.7. The van der Waals surface area contributed by atoms with E-state index in [1.165, 1.54) is 12.0 Å². The Labute approximate surface area is 177 Å². The maximum Gasteiger partial charge on any atom is 0.320 e. The Morgan fingerprint density at radius 2 is 1.79 bits per heavy atom. The summed E-state index contributed by atoms with van der Waals surface area (Å²) in [5.41, 5.74) is 1.28. The highest BCUT2D eigenvalue weighted by Gasteiger charge is 2.29. The summed E-state index contributed by atoms with van der Waals surface area (Å²) in [6, 6.07) is 11.0. The molecule has 2 amide bonds. The van der Waals surface area contributed by atoms with E-state index in [2.05, 4.69) is 53.1 Å². The van der Waals surface area contributed by atoms with Crippen molar-refractivity contribution in [3.05, 3.63) is 35.9 Å². The highest BCUT2D eigenvalue weighted by atomic mass is 16.3. The molecule has 1 heterocycles. The lowest BCUT2D eigenvalue weighted by Gasteiger charge is -2.39. The number of unbranched alkanes of at least 4 members (excludes halogenated alkanes) is 2. The molecule has 1 atom stereocenters. The molecule has 1 saturated heterocycles. The van der Waals surface area contributed by atoms with Crippen molar-refractivity contribution in [3.8, 4) is 0 Å². The van der Waals surface area contributed by atoms with Gasteiger partial charge < -0.3 is 14.7 Å². The van der Waals surface area contributed by atoms with Crippen molar-refractivity contribution in [3.63, 3.8) is 0 Å². The molecular weight excluding hydrogens is 362 g/mol. The Balaban J connectivity index is 1.97. The van der Waals surface area contributed by atoms with E-state index in [1.807, 2.05) is 6.07 Å². The molecule has 0 saturated carbocycles. The number of hydrogen-bond donors (Lipinski definition) is 0. The van der Waals surface area contributed by atoms with Crippen molar-refractivity contribution in [2.45, 2.75) is 63.8 Å².